The Morgan fingerprint density at radius 3 is 2.73 bits per heavy atom. The van der Waals surface area contributed by atoms with Gasteiger partial charge >= 0.3 is 0 Å². The highest BCUT2D eigenvalue weighted by atomic mass is 32.1. The number of thiazole rings is 1. The molecule has 2 aromatic rings. The first-order chi connectivity index (χ1) is 10.4. The van der Waals surface area contributed by atoms with Crippen LogP contribution in [0.4, 0.5) is 0 Å². The Morgan fingerprint density at radius 2 is 2.09 bits per heavy atom. The molecule has 4 nitrogen and oxygen atoms in total. The summed E-state index contributed by atoms with van der Waals surface area (Å²) >= 11 is 1.61. The molecule has 0 saturated heterocycles. The summed E-state index contributed by atoms with van der Waals surface area (Å²) in [4.78, 5) is 16.5. The van der Waals surface area contributed by atoms with Crippen LogP contribution in [0.5, 0.6) is 0 Å². The fourth-order valence-electron chi connectivity index (χ4n) is 2.10. The van der Waals surface area contributed by atoms with E-state index in [0.717, 1.165) is 16.3 Å². The molecule has 1 aromatic heterocycles. The first kappa shape index (κ1) is 16.6. The zero-order valence-corrected chi connectivity index (χ0v) is 14.4. The Kier molecular flexibility index (Phi) is 5.32. The number of benzene rings is 1. The zero-order chi connectivity index (χ0) is 16.2. The number of carbonyl (C=O) groups is 1. The van der Waals surface area contributed by atoms with E-state index >= 15 is 0 Å². The molecule has 1 heterocycles. The van der Waals surface area contributed by atoms with Crippen molar-refractivity contribution in [2.45, 2.75) is 39.8 Å². The molecule has 0 bridgehead atoms. The third-order valence-electron chi connectivity index (χ3n) is 3.42. The summed E-state index contributed by atoms with van der Waals surface area (Å²) in [5, 5.41) is 9.23. The minimum absolute atomic E-state index is 0.0112. The number of nitrogens with zero attached hydrogens (tertiary/aromatic N) is 1. The molecule has 0 aliphatic rings. The van der Waals surface area contributed by atoms with Crippen molar-refractivity contribution >= 4 is 17.2 Å². The lowest BCUT2D eigenvalue weighted by atomic mass is 10.1. The van der Waals surface area contributed by atoms with E-state index in [1.807, 2.05) is 51.3 Å². The first-order valence-electron chi connectivity index (χ1n) is 7.37. The van der Waals surface area contributed by atoms with E-state index < -0.39 is 0 Å². The molecule has 0 radical (unpaired) electrons. The van der Waals surface area contributed by atoms with Crippen LogP contribution in [0.3, 0.4) is 0 Å². The summed E-state index contributed by atoms with van der Waals surface area (Å²) in [6.45, 7) is 8.94. The standard InChI is InChI=1S/C17H23N3OS/c1-12-6-5-7-14(8-12)9-18-15(21)10-19-17(3,4)16-20-13(2)11-22-16/h5-8,11,19H,9-10H2,1-4H3,(H,18,21). The molecule has 0 aliphatic heterocycles. The van der Waals surface area contributed by atoms with Crippen LogP contribution in [0.25, 0.3) is 0 Å². The fourth-order valence-corrected chi connectivity index (χ4v) is 3.00. The van der Waals surface area contributed by atoms with Gasteiger partial charge in [0.25, 0.3) is 0 Å². The number of hydrogen-bond acceptors (Lipinski definition) is 4. The number of amides is 1. The number of hydrogen-bond donors (Lipinski definition) is 2. The van der Waals surface area contributed by atoms with Crippen LogP contribution in [0.2, 0.25) is 0 Å². The maximum absolute atomic E-state index is 12.0. The van der Waals surface area contributed by atoms with E-state index in [1.54, 1.807) is 11.3 Å². The van der Waals surface area contributed by atoms with E-state index in [9.17, 15) is 4.79 Å². The lowest BCUT2D eigenvalue weighted by molar-refractivity contribution is -0.120. The molecule has 2 N–H and O–H groups in total. The second kappa shape index (κ2) is 7.03. The Labute approximate surface area is 136 Å². The third-order valence-corrected chi connectivity index (χ3v) is 4.70. The van der Waals surface area contributed by atoms with Crippen LogP contribution >= 0.6 is 11.3 Å². The quantitative estimate of drug-likeness (QED) is 0.861. The van der Waals surface area contributed by atoms with Crippen LogP contribution in [0.15, 0.2) is 29.6 Å². The Morgan fingerprint density at radius 1 is 1.32 bits per heavy atom. The van der Waals surface area contributed by atoms with Crippen molar-refractivity contribution in [2.24, 2.45) is 0 Å². The van der Waals surface area contributed by atoms with Gasteiger partial charge in [0.1, 0.15) is 5.01 Å². The molecule has 1 amide bonds. The largest absolute Gasteiger partial charge is 0.351 e. The number of aromatic nitrogens is 1. The average molecular weight is 317 g/mol. The molecule has 1 aromatic carbocycles. The van der Waals surface area contributed by atoms with Gasteiger partial charge in [0, 0.05) is 17.6 Å². The summed E-state index contributed by atoms with van der Waals surface area (Å²) < 4.78 is 0. The van der Waals surface area contributed by atoms with Crippen molar-refractivity contribution in [3.8, 4) is 0 Å². The molecule has 0 unspecified atom stereocenters. The molecular weight excluding hydrogens is 294 g/mol. The number of carbonyl (C=O) groups excluding carboxylic acids is 1. The number of rotatable bonds is 6. The van der Waals surface area contributed by atoms with Gasteiger partial charge in [0.2, 0.25) is 5.91 Å². The Balaban J connectivity index is 1.82. The van der Waals surface area contributed by atoms with E-state index in [2.05, 4.69) is 21.7 Å². The van der Waals surface area contributed by atoms with Gasteiger partial charge in [-0.05, 0) is 33.3 Å². The second-order valence-electron chi connectivity index (χ2n) is 6.04. The molecule has 118 valence electrons. The van der Waals surface area contributed by atoms with Gasteiger partial charge in [0.05, 0.1) is 12.1 Å². The van der Waals surface area contributed by atoms with E-state index in [-0.39, 0.29) is 18.0 Å². The predicted octanol–water partition coefficient (Wildman–Crippen LogP) is 2.90. The van der Waals surface area contributed by atoms with Gasteiger partial charge in [-0.25, -0.2) is 4.98 Å². The summed E-state index contributed by atoms with van der Waals surface area (Å²) in [5.41, 5.74) is 3.02. The minimum Gasteiger partial charge on any atom is -0.351 e. The molecule has 5 heteroatoms. The van der Waals surface area contributed by atoms with Crippen LogP contribution in [0, 0.1) is 13.8 Å². The average Bonchev–Trinajstić information content (AvgIpc) is 2.91. The highest BCUT2D eigenvalue weighted by Crippen LogP contribution is 2.23. The fraction of sp³-hybridized carbons (Fsp3) is 0.412. The van der Waals surface area contributed by atoms with Gasteiger partial charge < -0.3 is 5.32 Å². The topological polar surface area (TPSA) is 54.0 Å². The summed E-state index contributed by atoms with van der Waals surface area (Å²) in [5.74, 6) is -0.0112. The van der Waals surface area contributed by atoms with Gasteiger partial charge in [-0.1, -0.05) is 29.8 Å². The van der Waals surface area contributed by atoms with Crippen molar-refractivity contribution in [3.05, 3.63) is 51.5 Å². The van der Waals surface area contributed by atoms with Crippen LogP contribution < -0.4 is 10.6 Å². The highest BCUT2D eigenvalue weighted by molar-refractivity contribution is 7.09. The summed E-state index contributed by atoms with van der Waals surface area (Å²) in [7, 11) is 0. The molecule has 2 rings (SSSR count). The van der Waals surface area contributed by atoms with E-state index in [1.165, 1.54) is 5.56 Å². The first-order valence-corrected chi connectivity index (χ1v) is 8.25. The Hall–Kier alpha value is -1.72. The number of nitrogens with one attached hydrogen (secondary N) is 2. The molecule has 0 atom stereocenters. The Bertz CT molecular complexity index is 649. The molecular formula is C17H23N3OS. The van der Waals surface area contributed by atoms with Crippen LogP contribution in [-0.2, 0) is 16.9 Å². The SMILES string of the molecule is Cc1cccc(CNC(=O)CNC(C)(C)c2nc(C)cs2)c1. The molecule has 0 saturated carbocycles. The monoisotopic (exact) mass is 317 g/mol. The van der Waals surface area contributed by atoms with Crippen molar-refractivity contribution < 1.29 is 4.79 Å². The predicted molar refractivity (Wildman–Crippen MR) is 90.9 cm³/mol. The van der Waals surface area contributed by atoms with Gasteiger partial charge in [0.15, 0.2) is 0 Å². The van der Waals surface area contributed by atoms with Gasteiger partial charge in [-0.15, -0.1) is 11.3 Å². The molecule has 22 heavy (non-hydrogen) atoms. The van der Waals surface area contributed by atoms with E-state index in [4.69, 9.17) is 0 Å². The number of aryl methyl sites for hydroxylation is 2. The minimum atomic E-state index is -0.306. The lowest BCUT2D eigenvalue weighted by Crippen LogP contribution is -2.43. The van der Waals surface area contributed by atoms with Crippen LogP contribution in [-0.4, -0.2) is 17.4 Å². The van der Waals surface area contributed by atoms with Crippen molar-refractivity contribution in [1.29, 1.82) is 0 Å². The van der Waals surface area contributed by atoms with Crippen molar-refractivity contribution in [2.75, 3.05) is 6.54 Å². The van der Waals surface area contributed by atoms with Crippen LogP contribution in [0.1, 0.15) is 35.7 Å². The third kappa shape index (κ3) is 4.64. The lowest BCUT2D eigenvalue weighted by Gasteiger charge is -2.23. The molecule has 0 aliphatic carbocycles. The zero-order valence-electron chi connectivity index (χ0n) is 13.6. The molecule has 0 fully saturated rings. The summed E-state index contributed by atoms with van der Waals surface area (Å²) in [6, 6.07) is 8.15. The van der Waals surface area contributed by atoms with Gasteiger partial charge in [-0.2, -0.15) is 0 Å². The van der Waals surface area contributed by atoms with Crippen molar-refractivity contribution in [3.63, 3.8) is 0 Å². The summed E-state index contributed by atoms with van der Waals surface area (Å²) in [6.07, 6.45) is 0. The van der Waals surface area contributed by atoms with Crippen molar-refractivity contribution in [1.82, 2.24) is 15.6 Å². The maximum atomic E-state index is 12.0. The normalized spacial score (nSPS) is 11.5. The highest BCUT2D eigenvalue weighted by Gasteiger charge is 2.24. The molecule has 0 spiro atoms. The van der Waals surface area contributed by atoms with Gasteiger partial charge in [-0.3, -0.25) is 10.1 Å². The maximum Gasteiger partial charge on any atom is 0.234 e. The van der Waals surface area contributed by atoms with E-state index in [0.29, 0.717) is 6.54 Å². The smallest absolute Gasteiger partial charge is 0.234 e. The second-order valence-corrected chi connectivity index (χ2v) is 6.90.